The highest BCUT2D eigenvalue weighted by Gasteiger charge is 1.89. The van der Waals surface area contributed by atoms with Crippen LogP contribution in [0.2, 0.25) is 0 Å². The molecule has 0 atom stereocenters. The number of rotatable bonds is 3. The third-order valence-corrected chi connectivity index (χ3v) is 0.933. The first kappa shape index (κ1) is 7.00. The van der Waals surface area contributed by atoms with E-state index in [-0.39, 0.29) is 0 Å². The van der Waals surface area contributed by atoms with Crippen LogP contribution in [0.1, 0.15) is 33.6 Å². The summed E-state index contributed by atoms with van der Waals surface area (Å²) in [4.78, 5) is 0. The van der Waals surface area contributed by atoms with Crippen molar-refractivity contribution in [2.24, 2.45) is 0 Å². The van der Waals surface area contributed by atoms with E-state index in [9.17, 15) is 0 Å². The minimum Gasteiger partial charge on any atom is -0.0623 e. The molecule has 0 heterocycles. The zero-order chi connectivity index (χ0) is 5.70. The summed E-state index contributed by atoms with van der Waals surface area (Å²) in [6, 6.07) is 0. The fraction of sp³-hybridized carbons (Fsp3) is 0.714. The van der Waals surface area contributed by atoms with E-state index in [1.54, 1.807) is 0 Å². The van der Waals surface area contributed by atoms with Gasteiger partial charge in [-0.3, -0.25) is 0 Å². The molecular formula is C7H14. The first-order chi connectivity index (χ1) is 3.27. The smallest absolute Gasteiger partial charge is 0.0303 e. The normalized spacial score (nSPS) is 10.3. The van der Waals surface area contributed by atoms with Crippen LogP contribution in [0.15, 0.2) is 0 Å². The second-order valence-electron chi connectivity index (χ2n) is 2.15. The van der Waals surface area contributed by atoms with Gasteiger partial charge >= 0.3 is 0 Å². The van der Waals surface area contributed by atoms with Crippen molar-refractivity contribution in [3.8, 4) is 0 Å². The predicted molar refractivity (Wildman–Crippen MR) is 33.8 cm³/mol. The molecule has 0 amide bonds. The topological polar surface area (TPSA) is 0 Å². The Labute approximate surface area is 46.9 Å². The largest absolute Gasteiger partial charge is 0.0623 e. The average Bonchev–Trinajstić information content (AvgIpc) is 1.61. The SMILES string of the molecule is C[CH]CC[C](C)C. The molecule has 0 aliphatic rings. The number of hydrogen-bond donors (Lipinski definition) is 0. The maximum absolute atomic E-state index is 2.20. The second kappa shape index (κ2) is 4.17. The van der Waals surface area contributed by atoms with Gasteiger partial charge in [-0.1, -0.05) is 20.8 Å². The van der Waals surface area contributed by atoms with E-state index in [0.717, 1.165) is 0 Å². The molecule has 0 aromatic carbocycles. The molecule has 0 fully saturated rings. The van der Waals surface area contributed by atoms with Crippen molar-refractivity contribution >= 4 is 0 Å². The molecule has 0 aliphatic carbocycles. The Balaban J connectivity index is 2.68. The van der Waals surface area contributed by atoms with Gasteiger partial charge in [-0.15, -0.1) is 0 Å². The fourth-order valence-electron chi connectivity index (χ4n) is 0.433. The first-order valence-electron chi connectivity index (χ1n) is 2.84. The highest BCUT2D eigenvalue weighted by molar-refractivity contribution is 4.78. The van der Waals surface area contributed by atoms with Crippen LogP contribution in [0.4, 0.5) is 0 Å². The minimum atomic E-state index is 1.24. The van der Waals surface area contributed by atoms with Crippen molar-refractivity contribution in [1.82, 2.24) is 0 Å². The van der Waals surface area contributed by atoms with E-state index in [0.29, 0.717) is 0 Å². The van der Waals surface area contributed by atoms with Gasteiger partial charge in [-0.25, -0.2) is 0 Å². The number of unbranched alkanes of at least 4 members (excludes halogenated alkanes) is 1. The lowest BCUT2D eigenvalue weighted by Gasteiger charge is -1.98. The van der Waals surface area contributed by atoms with Gasteiger partial charge in [-0.05, 0) is 25.2 Å². The highest BCUT2D eigenvalue weighted by Crippen LogP contribution is 2.05. The van der Waals surface area contributed by atoms with Gasteiger partial charge in [0.25, 0.3) is 0 Å². The molecule has 0 unspecified atom stereocenters. The van der Waals surface area contributed by atoms with Crippen LogP contribution < -0.4 is 0 Å². The summed E-state index contributed by atoms with van der Waals surface area (Å²) in [5.41, 5.74) is 0. The van der Waals surface area contributed by atoms with Gasteiger partial charge in [0.05, 0.1) is 0 Å². The molecule has 0 aliphatic heterocycles. The molecule has 0 nitrogen and oxygen atoms in total. The van der Waals surface area contributed by atoms with Gasteiger partial charge < -0.3 is 0 Å². The highest BCUT2D eigenvalue weighted by atomic mass is 13.9. The van der Waals surface area contributed by atoms with Crippen molar-refractivity contribution in [2.75, 3.05) is 0 Å². The lowest BCUT2D eigenvalue weighted by molar-refractivity contribution is 0.819. The summed E-state index contributed by atoms with van der Waals surface area (Å²) in [5.74, 6) is 1.53. The molecule has 0 heteroatoms. The van der Waals surface area contributed by atoms with Crippen molar-refractivity contribution < 1.29 is 0 Å². The van der Waals surface area contributed by atoms with Crippen LogP contribution in [-0.4, -0.2) is 0 Å². The molecule has 0 aromatic heterocycles. The van der Waals surface area contributed by atoms with Crippen LogP contribution in [-0.2, 0) is 0 Å². The third-order valence-electron chi connectivity index (χ3n) is 0.933. The quantitative estimate of drug-likeness (QED) is 0.509. The Hall–Kier alpha value is 0. The van der Waals surface area contributed by atoms with Crippen LogP contribution in [0.25, 0.3) is 0 Å². The molecule has 0 aromatic rings. The van der Waals surface area contributed by atoms with Gasteiger partial charge in [0.1, 0.15) is 0 Å². The summed E-state index contributed by atoms with van der Waals surface area (Å²) < 4.78 is 0. The van der Waals surface area contributed by atoms with Crippen LogP contribution >= 0.6 is 0 Å². The monoisotopic (exact) mass is 98.1 g/mol. The molecule has 2 radical (unpaired) electrons. The van der Waals surface area contributed by atoms with E-state index >= 15 is 0 Å². The Morgan fingerprint density at radius 2 is 2.00 bits per heavy atom. The van der Waals surface area contributed by atoms with Crippen LogP contribution in [0.3, 0.4) is 0 Å². The van der Waals surface area contributed by atoms with E-state index < -0.39 is 0 Å². The Bertz CT molecular complexity index is 29.0. The maximum Gasteiger partial charge on any atom is -0.0303 e. The summed E-state index contributed by atoms with van der Waals surface area (Å²) >= 11 is 0. The van der Waals surface area contributed by atoms with Crippen molar-refractivity contribution in [3.63, 3.8) is 0 Å². The summed E-state index contributed by atoms with van der Waals surface area (Å²) in [7, 11) is 0. The lowest BCUT2D eigenvalue weighted by atomic mass is 10.1. The third kappa shape index (κ3) is 6.00. The standard InChI is InChI=1S/C7H14/c1-4-5-6-7(2)3/h4H,5-6H2,1-3H3. The molecule has 0 spiro atoms. The zero-order valence-electron chi connectivity index (χ0n) is 5.49. The van der Waals surface area contributed by atoms with E-state index in [2.05, 4.69) is 27.2 Å². The molecule has 42 valence electrons. The van der Waals surface area contributed by atoms with Gasteiger partial charge in [-0.2, -0.15) is 0 Å². The van der Waals surface area contributed by atoms with Crippen molar-refractivity contribution in [2.45, 2.75) is 33.6 Å². The summed E-state index contributed by atoms with van der Waals surface area (Å²) in [6.45, 7) is 6.44. The lowest BCUT2D eigenvalue weighted by Crippen LogP contribution is -1.81. The van der Waals surface area contributed by atoms with E-state index in [4.69, 9.17) is 0 Å². The van der Waals surface area contributed by atoms with E-state index in [1.807, 2.05) is 0 Å². The molecule has 0 bridgehead atoms. The molecule has 0 rings (SSSR count). The molecule has 0 saturated heterocycles. The van der Waals surface area contributed by atoms with Crippen molar-refractivity contribution in [1.29, 1.82) is 0 Å². The summed E-state index contributed by atoms with van der Waals surface area (Å²) in [5, 5.41) is 0. The Morgan fingerprint density at radius 1 is 1.43 bits per heavy atom. The molecular weight excluding hydrogens is 84.1 g/mol. The molecule has 0 N–H and O–H groups in total. The average molecular weight is 98.2 g/mol. The van der Waals surface area contributed by atoms with E-state index in [1.165, 1.54) is 18.8 Å². The van der Waals surface area contributed by atoms with Crippen molar-refractivity contribution in [3.05, 3.63) is 12.3 Å². The summed E-state index contributed by atoms with van der Waals surface area (Å²) in [6.07, 6.45) is 4.70. The Kier molecular flexibility index (Phi) is 4.17. The predicted octanol–water partition coefficient (Wildman–Crippen LogP) is 2.61. The molecule has 0 saturated carbocycles. The minimum absolute atomic E-state index is 1.24. The maximum atomic E-state index is 2.20. The first-order valence-corrected chi connectivity index (χ1v) is 2.84. The zero-order valence-corrected chi connectivity index (χ0v) is 5.49. The van der Waals surface area contributed by atoms with Crippen LogP contribution in [0, 0.1) is 12.3 Å². The van der Waals surface area contributed by atoms with Gasteiger partial charge in [0, 0.05) is 0 Å². The fourth-order valence-corrected chi connectivity index (χ4v) is 0.433. The molecule has 7 heavy (non-hydrogen) atoms. The van der Waals surface area contributed by atoms with Crippen LogP contribution in [0.5, 0.6) is 0 Å². The van der Waals surface area contributed by atoms with Gasteiger partial charge in [0.15, 0.2) is 0 Å². The number of hydrogen-bond acceptors (Lipinski definition) is 0. The second-order valence-corrected chi connectivity index (χ2v) is 2.15. The Morgan fingerprint density at radius 3 is 2.14 bits per heavy atom. The van der Waals surface area contributed by atoms with Gasteiger partial charge in [0.2, 0.25) is 0 Å².